The van der Waals surface area contributed by atoms with E-state index in [9.17, 15) is 0 Å². The molecule has 0 aliphatic rings. The molecule has 36 rings (SSSR count). The summed E-state index contributed by atoms with van der Waals surface area (Å²) in [5.74, 6) is 5.97. The van der Waals surface area contributed by atoms with E-state index in [1.807, 2.05) is 104 Å². The second-order valence-electron chi connectivity index (χ2n) is 37.3. The number of thiophene rings is 6. The molecule has 0 radical (unpaired) electrons. The lowest BCUT2D eigenvalue weighted by Gasteiger charge is -1.99. The summed E-state index contributed by atoms with van der Waals surface area (Å²) in [5.41, 5.74) is 28.1. The number of para-hydroxylation sites is 12. The van der Waals surface area contributed by atoms with Crippen LogP contribution in [-0.4, -0.2) is 83.7 Å². The first kappa shape index (κ1) is 81.7. The maximum absolute atomic E-state index is 4.85. The van der Waals surface area contributed by atoms with Crippen LogP contribution < -0.4 is 0 Å². The van der Waals surface area contributed by atoms with Crippen molar-refractivity contribution in [2.45, 2.75) is 0 Å². The summed E-state index contributed by atoms with van der Waals surface area (Å²) in [5, 5.41) is 16.0. The molecule has 0 fully saturated rings. The van der Waals surface area contributed by atoms with Crippen molar-refractivity contribution in [2.24, 2.45) is 42.3 Å². The second-order valence-corrected chi connectivity index (χ2v) is 43.7. The number of aryl methyl sites for hydroxylation is 6. The number of hydrogen-bond acceptors (Lipinski definition) is 12. The fraction of sp³-hybridized carbons (Fsp3) is 0.0500. The first-order chi connectivity index (χ1) is 70.9. The van der Waals surface area contributed by atoms with Crippen LogP contribution in [0, 0.1) is 0 Å². The van der Waals surface area contributed by atoms with Crippen LogP contribution in [0.15, 0.2) is 364 Å². The van der Waals surface area contributed by atoms with Gasteiger partial charge in [0.05, 0.1) is 142 Å². The molecule has 0 saturated carbocycles. The number of aromatic nitrogens is 18. The molecule has 18 aromatic heterocycles. The minimum atomic E-state index is 0.994. The van der Waals surface area contributed by atoms with E-state index in [1.165, 1.54) is 209 Å². The van der Waals surface area contributed by atoms with Crippen LogP contribution in [0.5, 0.6) is 0 Å². The Labute approximate surface area is 839 Å². The van der Waals surface area contributed by atoms with Gasteiger partial charge in [0.25, 0.3) is 0 Å². The molecule has 684 valence electrons. The van der Waals surface area contributed by atoms with Crippen LogP contribution >= 0.6 is 68.0 Å². The van der Waals surface area contributed by atoms with Gasteiger partial charge in [-0.05, 0) is 170 Å². The van der Waals surface area contributed by atoms with E-state index in [0.717, 1.165) is 78.8 Å². The molecule has 24 heteroatoms. The van der Waals surface area contributed by atoms with Crippen molar-refractivity contribution in [3.63, 3.8) is 0 Å². The predicted octanol–water partition coefficient (Wildman–Crippen LogP) is 32.1. The van der Waals surface area contributed by atoms with Crippen LogP contribution in [0.1, 0.15) is 0 Å². The molecule has 0 bridgehead atoms. The standard InChI is InChI=1S/6C20H13N3S/c1-22-16-11-19-13(12-6-2-5-9-18(12)24-19)10-17(16)23-15-8-4-3-7-14(15)21-20(22)23;1-22-16-10-13-12-6-2-5-9-18(12)24-19(13)11-17(16)23-15-8-4-3-7-14(15)21-20(22)23;1-22-18-16(23-15-8-4-3-7-14(15)21-20(22)23)11-10-13-12-6-2-5-9-17(12)24-19(13)18;1-22-16-11-10-13-12-6-2-5-9-17(12)24-19(13)18(16)23-15-8-4-3-7-14(15)21-20(22)23;1-22-19-15(23-14-8-4-3-7-13(14)21-20(22)23)10-11-17-18(19)12-6-2-5-9-16(12)24-17;1-22-15-10-11-17-18(12-6-2-5-9-16(12)24-17)19(15)23-14-8-4-3-7-13(14)21-20(22)23/h6*2-11H,1H3. The topological polar surface area (TPSA) is 133 Å². The Hall–Kier alpha value is -17.1. The lowest BCUT2D eigenvalue weighted by Crippen LogP contribution is -1.88. The van der Waals surface area contributed by atoms with Gasteiger partial charge in [-0.25, -0.2) is 29.9 Å². The van der Waals surface area contributed by atoms with Crippen molar-refractivity contribution in [3.05, 3.63) is 364 Å². The van der Waals surface area contributed by atoms with E-state index in [0.29, 0.717) is 0 Å². The fourth-order valence-electron chi connectivity index (χ4n) is 23.0. The summed E-state index contributed by atoms with van der Waals surface area (Å²) in [4.78, 5) is 29.0. The molecule has 18 nitrogen and oxygen atoms in total. The van der Waals surface area contributed by atoms with Gasteiger partial charge in [-0.15, -0.1) is 68.0 Å². The van der Waals surface area contributed by atoms with Gasteiger partial charge < -0.3 is 27.4 Å². The maximum Gasteiger partial charge on any atom is 0.215 e. The average molecular weight is 1960 g/mol. The van der Waals surface area contributed by atoms with E-state index in [1.54, 1.807) is 0 Å². The molecule has 18 aromatic carbocycles. The highest BCUT2D eigenvalue weighted by atomic mass is 32.1. The number of hydrogen-bond donors (Lipinski definition) is 0. The summed E-state index contributed by atoms with van der Waals surface area (Å²) in [7, 11) is 12.6. The summed E-state index contributed by atoms with van der Waals surface area (Å²) in [6.07, 6.45) is 0. The van der Waals surface area contributed by atoms with Crippen molar-refractivity contribution < 1.29 is 0 Å². The highest BCUT2D eigenvalue weighted by molar-refractivity contribution is 7.28. The maximum atomic E-state index is 4.85. The third-order valence-corrected chi connectivity index (χ3v) is 36.4. The van der Waals surface area contributed by atoms with Gasteiger partial charge in [-0.2, -0.15) is 0 Å². The van der Waals surface area contributed by atoms with Gasteiger partial charge in [-0.3, -0.25) is 26.4 Å². The van der Waals surface area contributed by atoms with E-state index in [2.05, 4.69) is 424 Å². The Bertz CT molecular complexity index is 11800. The molecule has 0 spiro atoms. The largest absolute Gasteiger partial charge is 0.313 e. The van der Waals surface area contributed by atoms with Crippen molar-refractivity contribution in [3.8, 4) is 0 Å². The molecule has 0 aliphatic heterocycles. The Morgan fingerprint density at radius 3 is 0.847 bits per heavy atom. The molecule has 0 aliphatic carbocycles. The van der Waals surface area contributed by atoms with Crippen LogP contribution in [0.2, 0.25) is 0 Å². The zero-order valence-corrected chi connectivity index (χ0v) is 83.0. The highest BCUT2D eigenvalue weighted by Gasteiger charge is 2.27. The average Bonchev–Trinajstić information content (AvgIpc) is 1.56. The van der Waals surface area contributed by atoms with Crippen LogP contribution in [-0.2, 0) is 42.3 Å². The van der Waals surface area contributed by atoms with Crippen molar-refractivity contribution in [2.75, 3.05) is 0 Å². The number of fused-ring (bicyclic) bond motifs is 52. The van der Waals surface area contributed by atoms with Crippen LogP contribution in [0.4, 0.5) is 0 Å². The molecule has 144 heavy (non-hydrogen) atoms. The first-order valence-corrected chi connectivity index (χ1v) is 52.8. The molecule has 18 heterocycles. The van der Waals surface area contributed by atoms with Gasteiger partial charge in [0, 0.05) is 154 Å². The number of benzene rings is 18. The van der Waals surface area contributed by atoms with Crippen LogP contribution in [0.25, 0.3) is 288 Å². The van der Waals surface area contributed by atoms with E-state index < -0.39 is 0 Å². The number of nitrogens with zero attached hydrogens (tertiary/aromatic N) is 18. The minimum absolute atomic E-state index is 0.994. The monoisotopic (exact) mass is 1960 g/mol. The van der Waals surface area contributed by atoms with Crippen LogP contribution in [0.3, 0.4) is 0 Å². The molecule has 0 atom stereocenters. The molecule has 0 amide bonds. The summed E-state index contributed by atoms with van der Waals surface area (Å²) in [6, 6.07) is 129. The summed E-state index contributed by atoms with van der Waals surface area (Å²) in [6.45, 7) is 0. The smallest absolute Gasteiger partial charge is 0.215 e. The second kappa shape index (κ2) is 30.7. The predicted molar refractivity (Wildman–Crippen MR) is 612 cm³/mol. The Balaban J connectivity index is 0.0000000788. The molecule has 36 aromatic rings. The normalized spacial score (nSPS) is 12.4. The van der Waals surface area contributed by atoms with Gasteiger partial charge in [0.2, 0.25) is 34.7 Å². The minimum Gasteiger partial charge on any atom is -0.313 e. The van der Waals surface area contributed by atoms with E-state index in [4.69, 9.17) is 29.9 Å². The SMILES string of the molecule is Cn1c2c3c(ccc2n2c4ccccc4nc12)sc1ccccc13.Cn1c2c3sc4ccccc4c3ccc2n2c3ccccc3nc12.Cn1c2cc3c(cc2n2c4ccccc4nc12)sc1ccccc13.Cn1c2cc3sc4ccccc4c3cc2n2c3ccccc3nc12.Cn1c2ccc3c4ccccc4sc3c2n2c3ccccc3nc12.Cn1c2ccc3sc4ccccc4c3c2n2c3ccccc3nc12. The molecule has 0 unspecified atom stereocenters. The molecular formula is C120H78N18S6. The van der Waals surface area contributed by atoms with Crippen molar-refractivity contribution >= 4 is 356 Å². The number of rotatable bonds is 0. The highest BCUT2D eigenvalue weighted by Crippen LogP contribution is 2.48. The quantitative estimate of drug-likeness (QED) is 0.148. The molecular weight excluding hydrogens is 1890 g/mol. The summed E-state index contributed by atoms with van der Waals surface area (Å²) < 4.78 is 43.0. The Kier molecular flexibility index (Phi) is 17.4. The van der Waals surface area contributed by atoms with Gasteiger partial charge in [0.1, 0.15) is 0 Å². The fourth-order valence-corrected chi connectivity index (χ4v) is 29.9. The summed E-state index contributed by atoms with van der Waals surface area (Å²) >= 11 is 11.2. The lowest BCUT2D eigenvalue weighted by molar-refractivity contribution is 0.974. The zero-order valence-electron chi connectivity index (χ0n) is 78.1. The zero-order chi connectivity index (χ0) is 95.0. The Morgan fingerprint density at radius 2 is 0.410 bits per heavy atom. The van der Waals surface area contributed by atoms with E-state index >= 15 is 0 Å². The lowest BCUT2D eigenvalue weighted by atomic mass is 10.1. The van der Waals surface area contributed by atoms with Crippen molar-refractivity contribution in [1.29, 1.82) is 0 Å². The van der Waals surface area contributed by atoms with E-state index in [-0.39, 0.29) is 0 Å². The first-order valence-electron chi connectivity index (χ1n) is 47.9. The van der Waals surface area contributed by atoms with Gasteiger partial charge >= 0.3 is 0 Å². The van der Waals surface area contributed by atoms with Gasteiger partial charge in [0.15, 0.2) is 0 Å². The third kappa shape index (κ3) is 11.6. The van der Waals surface area contributed by atoms with Crippen molar-refractivity contribution in [1.82, 2.24) is 83.7 Å². The third-order valence-electron chi connectivity index (χ3n) is 29.5. The molecule has 0 saturated heterocycles. The Morgan fingerprint density at radius 1 is 0.153 bits per heavy atom. The van der Waals surface area contributed by atoms with Gasteiger partial charge in [-0.1, -0.05) is 194 Å². The number of imidazole rings is 12. The molecule has 0 N–H and O–H groups in total.